The number of rotatable bonds is 5. The first-order valence-electron chi connectivity index (χ1n) is 10.7. The Labute approximate surface area is 172 Å². The molecule has 2 heterocycles. The summed E-state index contributed by atoms with van der Waals surface area (Å²) in [6, 6.07) is 10.4. The van der Waals surface area contributed by atoms with Crippen molar-refractivity contribution in [2.75, 3.05) is 13.1 Å². The number of fused-ring (bicyclic) bond motifs is 1. The van der Waals surface area contributed by atoms with Gasteiger partial charge in [-0.15, -0.1) is 0 Å². The van der Waals surface area contributed by atoms with Crippen LogP contribution in [0.2, 0.25) is 0 Å². The highest BCUT2D eigenvalue weighted by Gasteiger charge is 2.30. The van der Waals surface area contributed by atoms with Gasteiger partial charge in [0.05, 0.1) is 11.3 Å². The predicted molar refractivity (Wildman–Crippen MR) is 111 cm³/mol. The van der Waals surface area contributed by atoms with Gasteiger partial charge in [-0.1, -0.05) is 56.0 Å². The molecule has 2 aromatic rings. The molecule has 0 radical (unpaired) electrons. The number of benzene rings is 1. The number of carbonyl (C=O) groups is 1. The van der Waals surface area contributed by atoms with E-state index in [1.165, 1.54) is 11.9 Å². The Hall–Kier alpha value is -2.31. The molecule has 2 aliphatic rings. The standard InChI is InChI=1S/C23H30N4O2/c28-22(24-16-23(29)11-6-1-2-7-12-23)21-19-10-13-27(15-20(19)25-17-26-21)14-18-8-4-3-5-9-18/h3-5,8-9,17,29H,1-2,6-7,10-16H2,(H,24,28). The number of aliphatic hydroxyl groups is 1. The van der Waals surface area contributed by atoms with Crippen molar-refractivity contribution in [2.45, 2.75) is 63.6 Å². The Balaban J connectivity index is 1.41. The van der Waals surface area contributed by atoms with Crippen molar-refractivity contribution in [2.24, 2.45) is 0 Å². The molecule has 1 fully saturated rings. The average molecular weight is 395 g/mol. The topological polar surface area (TPSA) is 78.3 Å². The monoisotopic (exact) mass is 394 g/mol. The van der Waals surface area contributed by atoms with Crippen molar-refractivity contribution in [1.29, 1.82) is 0 Å². The maximum absolute atomic E-state index is 12.8. The molecule has 1 aliphatic heterocycles. The maximum atomic E-state index is 12.8. The Morgan fingerprint density at radius 2 is 1.86 bits per heavy atom. The van der Waals surface area contributed by atoms with Gasteiger partial charge in [0, 0.05) is 31.7 Å². The van der Waals surface area contributed by atoms with Crippen molar-refractivity contribution in [3.8, 4) is 0 Å². The second kappa shape index (κ2) is 9.01. The molecule has 0 atom stereocenters. The zero-order chi connectivity index (χ0) is 20.1. The molecule has 0 spiro atoms. The minimum Gasteiger partial charge on any atom is -0.388 e. The van der Waals surface area contributed by atoms with Crippen LogP contribution in [0.1, 0.15) is 65.8 Å². The van der Waals surface area contributed by atoms with Crippen molar-refractivity contribution in [3.05, 3.63) is 59.2 Å². The molecule has 6 heteroatoms. The lowest BCUT2D eigenvalue weighted by atomic mass is 9.94. The Morgan fingerprint density at radius 1 is 1.10 bits per heavy atom. The van der Waals surface area contributed by atoms with Gasteiger partial charge < -0.3 is 10.4 Å². The summed E-state index contributed by atoms with van der Waals surface area (Å²) >= 11 is 0. The van der Waals surface area contributed by atoms with E-state index in [-0.39, 0.29) is 5.91 Å². The van der Waals surface area contributed by atoms with Crippen LogP contribution in [0.4, 0.5) is 0 Å². The zero-order valence-electron chi connectivity index (χ0n) is 16.9. The number of nitrogens with one attached hydrogen (secondary N) is 1. The Bertz CT molecular complexity index is 832. The van der Waals surface area contributed by atoms with Gasteiger partial charge in [-0.2, -0.15) is 0 Å². The first kappa shape index (κ1) is 20.0. The van der Waals surface area contributed by atoms with Crippen LogP contribution >= 0.6 is 0 Å². The van der Waals surface area contributed by atoms with Gasteiger partial charge in [0.2, 0.25) is 0 Å². The summed E-state index contributed by atoms with van der Waals surface area (Å²) in [5, 5.41) is 13.8. The van der Waals surface area contributed by atoms with Gasteiger partial charge in [0.15, 0.2) is 0 Å². The molecule has 1 aromatic carbocycles. The number of carbonyl (C=O) groups excluding carboxylic acids is 1. The molecule has 1 amide bonds. The maximum Gasteiger partial charge on any atom is 0.270 e. The normalized spacial score (nSPS) is 19.2. The summed E-state index contributed by atoms with van der Waals surface area (Å²) in [6.07, 6.45) is 8.12. The fraction of sp³-hybridized carbons (Fsp3) is 0.522. The molecule has 1 aromatic heterocycles. The smallest absolute Gasteiger partial charge is 0.270 e. The summed E-state index contributed by atoms with van der Waals surface area (Å²) in [5.41, 5.74) is 2.83. The fourth-order valence-electron chi connectivity index (χ4n) is 4.47. The van der Waals surface area contributed by atoms with Crippen molar-refractivity contribution in [3.63, 3.8) is 0 Å². The summed E-state index contributed by atoms with van der Waals surface area (Å²) < 4.78 is 0. The summed E-state index contributed by atoms with van der Waals surface area (Å²) in [5.74, 6) is -0.196. The van der Waals surface area contributed by atoms with Crippen LogP contribution in [0, 0.1) is 0 Å². The third-order valence-electron chi connectivity index (χ3n) is 6.16. The number of hydrogen-bond donors (Lipinski definition) is 2. The van der Waals surface area contributed by atoms with Crippen LogP contribution in [0.5, 0.6) is 0 Å². The molecular weight excluding hydrogens is 364 g/mol. The molecule has 29 heavy (non-hydrogen) atoms. The Kier molecular flexibility index (Phi) is 6.21. The predicted octanol–water partition coefficient (Wildman–Crippen LogP) is 2.85. The van der Waals surface area contributed by atoms with Gasteiger partial charge in [0.25, 0.3) is 5.91 Å². The van der Waals surface area contributed by atoms with Crippen molar-refractivity contribution >= 4 is 5.91 Å². The molecule has 4 rings (SSSR count). The van der Waals surface area contributed by atoms with Gasteiger partial charge in [-0.3, -0.25) is 9.69 Å². The van der Waals surface area contributed by atoms with Gasteiger partial charge in [-0.25, -0.2) is 9.97 Å². The fourth-order valence-corrected chi connectivity index (χ4v) is 4.47. The highest BCUT2D eigenvalue weighted by molar-refractivity contribution is 5.94. The highest BCUT2D eigenvalue weighted by atomic mass is 16.3. The van der Waals surface area contributed by atoms with Gasteiger partial charge in [-0.05, 0) is 24.8 Å². The lowest BCUT2D eigenvalue weighted by Crippen LogP contribution is -2.43. The molecule has 1 aliphatic carbocycles. The lowest BCUT2D eigenvalue weighted by Gasteiger charge is -2.29. The van der Waals surface area contributed by atoms with Crippen molar-refractivity contribution < 1.29 is 9.90 Å². The van der Waals surface area contributed by atoms with E-state index in [2.05, 4.69) is 44.5 Å². The van der Waals surface area contributed by atoms with E-state index in [0.717, 1.165) is 75.8 Å². The van der Waals surface area contributed by atoms with Crippen LogP contribution in [0.25, 0.3) is 0 Å². The minimum atomic E-state index is -0.786. The third-order valence-corrected chi connectivity index (χ3v) is 6.16. The lowest BCUT2D eigenvalue weighted by molar-refractivity contribution is 0.0245. The van der Waals surface area contributed by atoms with Crippen molar-refractivity contribution in [1.82, 2.24) is 20.2 Å². The van der Waals surface area contributed by atoms with E-state index in [4.69, 9.17) is 0 Å². The highest BCUT2D eigenvalue weighted by Crippen LogP contribution is 2.27. The minimum absolute atomic E-state index is 0.196. The third kappa shape index (κ3) is 5.00. The van der Waals surface area contributed by atoms with E-state index >= 15 is 0 Å². The Morgan fingerprint density at radius 3 is 2.62 bits per heavy atom. The number of hydrogen-bond acceptors (Lipinski definition) is 5. The molecule has 0 saturated heterocycles. The zero-order valence-corrected chi connectivity index (χ0v) is 16.9. The summed E-state index contributed by atoms with van der Waals surface area (Å²) in [4.78, 5) is 23.9. The second-order valence-electron chi connectivity index (χ2n) is 8.42. The SMILES string of the molecule is O=C(NCC1(O)CCCCCC1)c1ncnc2c1CCN(Cc1ccccc1)C2. The molecule has 6 nitrogen and oxygen atoms in total. The largest absolute Gasteiger partial charge is 0.388 e. The quantitative estimate of drug-likeness (QED) is 0.763. The molecule has 0 bridgehead atoms. The number of nitrogens with zero attached hydrogens (tertiary/aromatic N) is 3. The number of amides is 1. The molecule has 154 valence electrons. The summed E-state index contributed by atoms with van der Waals surface area (Å²) in [7, 11) is 0. The average Bonchev–Trinajstić information content (AvgIpc) is 2.97. The molecule has 2 N–H and O–H groups in total. The van der Waals surface area contributed by atoms with Crippen LogP contribution in [-0.2, 0) is 19.5 Å². The van der Waals surface area contributed by atoms with E-state index in [0.29, 0.717) is 12.2 Å². The number of aromatic nitrogens is 2. The molecule has 0 unspecified atom stereocenters. The van der Waals surface area contributed by atoms with Crippen LogP contribution in [-0.4, -0.2) is 44.6 Å². The second-order valence-corrected chi connectivity index (χ2v) is 8.42. The van der Waals surface area contributed by atoms with E-state index in [1.807, 2.05) is 6.07 Å². The van der Waals surface area contributed by atoms with Crippen LogP contribution in [0.15, 0.2) is 36.7 Å². The first-order valence-corrected chi connectivity index (χ1v) is 10.7. The van der Waals surface area contributed by atoms with E-state index < -0.39 is 5.60 Å². The van der Waals surface area contributed by atoms with Crippen LogP contribution in [0.3, 0.4) is 0 Å². The van der Waals surface area contributed by atoms with E-state index in [9.17, 15) is 9.90 Å². The van der Waals surface area contributed by atoms with Gasteiger partial charge in [0.1, 0.15) is 12.0 Å². The summed E-state index contributed by atoms with van der Waals surface area (Å²) in [6.45, 7) is 2.76. The first-order chi connectivity index (χ1) is 14.1. The molecule has 1 saturated carbocycles. The molecular formula is C23H30N4O2. The van der Waals surface area contributed by atoms with E-state index in [1.54, 1.807) is 0 Å². The van der Waals surface area contributed by atoms with Crippen LogP contribution < -0.4 is 5.32 Å². The van der Waals surface area contributed by atoms with Gasteiger partial charge >= 0.3 is 0 Å².